The maximum atomic E-state index is 12.1. The molecule has 0 aliphatic heterocycles. The SMILES string of the molecule is CCCC(COC)NS(=O)(=O)Cc1ccccc1N. The van der Waals surface area contributed by atoms with E-state index in [1.807, 2.05) is 6.92 Å². The minimum absolute atomic E-state index is 0.108. The molecular weight excluding hydrogens is 264 g/mol. The number of anilines is 1. The number of rotatable bonds is 8. The Morgan fingerprint density at radius 3 is 2.63 bits per heavy atom. The van der Waals surface area contributed by atoms with Crippen LogP contribution in [0.5, 0.6) is 0 Å². The number of ether oxygens (including phenoxy) is 1. The van der Waals surface area contributed by atoms with Crippen LogP contribution in [0.4, 0.5) is 5.69 Å². The van der Waals surface area contributed by atoms with Gasteiger partial charge in [0.15, 0.2) is 0 Å². The zero-order chi connectivity index (χ0) is 14.3. The van der Waals surface area contributed by atoms with Crippen LogP contribution in [0.2, 0.25) is 0 Å². The fourth-order valence-electron chi connectivity index (χ4n) is 1.89. The number of hydrogen-bond donors (Lipinski definition) is 2. The molecule has 0 aromatic heterocycles. The number of nitrogen functional groups attached to an aromatic ring is 1. The van der Waals surface area contributed by atoms with E-state index in [0.29, 0.717) is 17.9 Å². The van der Waals surface area contributed by atoms with Gasteiger partial charge >= 0.3 is 0 Å². The zero-order valence-electron chi connectivity index (χ0n) is 11.4. The second kappa shape index (κ2) is 7.47. The Bertz CT molecular complexity index is 482. The van der Waals surface area contributed by atoms with Gasteiger partial charge in [0, 0.05) is 18.8 Å². The minimum atomic E-state index is -3.41. The first-order chi connectivity index (χ1) is 8.98. The van der Waals surface area contributed by atoms with Crippen molar-refractivity contribution >= 4 is 15.7 Å². The first-order valence-electron chi connectivity index (χ1n) is 6.30. The third-order valence-electron chi connectivity index (χ3n) is 2.75. The van der Waals surface area contributed by atoms with Crippen LogP contribution in [-0.4, -0.2) is 28.2 Å². The molecule has 0 heterocycles. The lowest BCUT2D eigenvalue weighted by atomic mass is 10.2. The van der Waals surface area contributed by atoms with Gasteiger partial charge in [0.05, 0.1) is 12.4 Å². The monoisotopic (exact) mass is 286 g/mol. The number of nitrogens with one attached hydrogen (secondary N) is 1. The largest absolute Gasteiger partial charge is 0.398 e. The van der Waals surface area contributed by atoms with Gasteiger partial charge in [0.25, 0.3) is 0 Å². The van der Waals surface area contributed by atoms with Gasteiger partial charge in [0.1, 0.15) is 0 Å². The maximum Gasteiger partial charge on any atom is 0.216 e. The molecule has 1 aromatic rings. The van der Waals surface area contributed by atoms with Gasteiger partial charge < -0.3 is 10.5 Å². The summed E-state index contributed by atoms with van der Waals surface area (Å²) in [7, 11) is -1.85. The summed E-state index contributed by atoms with van der Waals surface area (Å²) in [5.41, 5.74) is 6.86. The van der Waals surface area contributed by atoms with E-state index >= 15 is 0 Å². The Labute approximate surface area is 115 Å². The molecule has 0 spiro atoms. The van der Waals surface area contributed by atoms with Gasteiger partial charge in [-0.25, -0.2) is 13.1 Å². The summed E-state index contributed by atoms with van der Waals surface area (Å²) in [5, 5.41) is 0. The molecule has 1 aromatic carbocycles. The molecule has 0 amide bonds. The Morgan fingerprint density at radius 1 is 1.37 bits per heavy atom. The Hall–Kier alpha value is -1.11. The van der Waals surface area contributed by atoms with Gasteiger partial charge in [0.2, 0.25) is 10.0 Å². The smallest absolute Gasteiger partial charge is 0.216 e. The second-order valence-electron chi connectivity index (χ2n) is 4.52. The highest BCUT2D eigenvalue weighted by molar-refractivity contribution is 7.88. The molecule has 1 atom stereocenters. The highest BCUT2D eigenvalue weighted by atomic mass is 32.2. The molecule has 0 saturated carbocycles. The molecule has 6 heteroatoms. The number of hydrogen-bond acceptors (Lipinski definition) is 4. The molecule has 3 N–H and O–H groups in total. The van der Waals surface area contributed by atoms with E-state index in [2.05, 4.69) is 4.72 Å². The van der Waals surface area contributed by atoms with Crippen LogP contribution < -0.4 is 10.5 Å². The predicted molar refractivity (Wildman–Crippen MR) is 77.2 cm³/mol. The minimum Gasteiger partial charge on any atom is -0.398 e. The summed E-state index contributed by atoms with van der Waals surface area (Å²) in [6.07, 6.45) is 1.64. The predicted octanol–water partition coefficient (Wildman–Crippen LogP) is 1.50. The molecule has 1 rings (SSSR count). The van der Waals surface area contributed by atoms with Crippen molar-refractivity contribution in [3.63, 3.8) is 0 Å². The molecule has 0 bridgehead atoms. The molecule has 0 radical (unpaired) electrons. The van der Waals surface area contributed by atoms with Crippen LogP contribution in [0.25, 0.3) is 0 Å². The van der Waals surface area contributed by atoms with Gasteiger partial charge in [-0.3, -0.25) is 0 Å². The first kappa shape index (κ1) is 15.9. The molecule has 0 aliphatic carbocycles. The van der Waals surface area contributed by atoms with E-state index < -0.39 is 10.0 Å². The van der Waals surface area contributed by atoms with Crippen LogP contribution in [0.15, 0.2) is 24.3 Å². The summed E-state index contributed by atoms with van der Waals surface area (Å²) in [6, 6.07) is 6.79. The number of para-hydroxylation sites is 1. The fraction of sp³-hybridized carbons (Fsp3) is 0.538. The zero-order valence-corrected chi connectivity index (χ0v) is 12.2. The summed E-state index contributed by atoms with van der Waals surface area (Å²) >= 11 is 0. The highest BCUT2D eigenvalue weighted by Crippen LogP contribution is 2.14. The topological polar surface area (TPSA) is 81.4 Å². The number of sulfonamides is 1. The fourth-order valence-corrected chi connectivity index (χ4v) is 3.34. The standard InChI is InChI=1S/C13H22N2O3S/c1-3-6-12(9-18-2)15-19(16,17)10-11-7-4-5-8-13(11)14/h4-5,7-8,12,15H,3,6,9-10,14H2,1-2H3. The van der Waals surface area contributed by atoms with Gasteiger partial charge in [-0.2, -0.15) is 0 Å². The summed E-state index contributed by atoms with van der Waals surface area (Å²) < 4.78 is 31.9. The van der Waals surface area contributed by atoms with Crippen molar-refractivity contribution in [1.29, 1.82) is 0 Å². The van der Waals surface area contributed by atoms with E-state index in [4.69, 9.17) is 10.5 Å². The number of nitrogens with two attached hydrogens (primary N) is 1. The van der Waals surface area contributed by atoms with Gasteiger partial charge in [-0.15, -0.1) is 0 Å². The lowest BCUT2D eigenvalue weighted by Crippen LogP contribution is -2.38. The number of benzene rings is 1. The lowest BCUT2D eigenvalue weighted by Gasteiger charge is -2.17. The van der Waals surface area contributed by atoms with Crippen LogP contribution in [-0.2, 0) is 20.5 Å². The average Bonchev–Trinajstić information content (AvgIpc) is 2.32. The molecule has 0 fully saturated rings. The van der Waals surface area contributed by atoms with Crippen molar-refractivity contribution in [2.45, 2.75) is 31.6 Å². The molecule has 1 unspecified atom stereocenters. The van der Waals surface area contributed by atoms with Gasteiger partial charge in [-0.05, 0) is 18.1 Å². The highest BCUT2D eigenvalue weighted by Gasteiger charge is 2.18. The van der Waals surface area contributed by atoms with E-state index in [0.717, 1.165) is 12.8 Å². The summed E-state index contributed by atoms with van der Waals surface area (Å²) in [4.78, 5) is 0. The van der Waals surface area contributed by atoms with Crippen molar-refractivity contribution in [3.05, 3.63) is 29.8 Å². The summed E-state index contributed by atoms with van der Waals surface area (Å²) in [5.74, 6) is -0.108. The third kappa shape index (κ3) is 5.59. The van der Waals surface area contributed by atoms with Crippen LogP contribution >= 0.6 is 0 Å². The quantitative estimate of drug-likeness (QED) is 0.710. The van der Waals surface area contributed by atoms with Crippen molar-refractivity contribution in [3.8, 4) is 0 Å². The molecule has 19 heavy (non-hydrogen) atoms. The van der Waals surface area contributed by atoms with E-state index in [1.165, 1.54) is 0 Å². The lowest BCUT2D eigenvalue weighted by molar-refractivity contribution is 0.171. The summed E-state index contributed by atoms with van der Waals surface area (Å²) in [6.45, 7) is 2.38. The second-order valence-corrected chi connectivity index (χ2v) is 6.27. The van der Waals surface area contributed by atoms with Gasteiger partial charge in [-0.1, -0.05) is 31.5 Å². The van der Waals surface area contributed by atoms with Crippen LogP contribution in [0.1, 0.15) is 25.3 Å². The van der Waals surface area contributed by atoms with Crippen molar-refractivity contribution < 1.29 is 13.2 Å². The van der Waals surface area contributed by atoms with Crippen molar-refractivity contribution in [1.82, 2.24) is 4.72 Å². The number of methoxy groups -OCH3 is 1. The molecule has 0 saturated heterocycles. The van der Waals surface area contributed by atoms with Crippen LogP contribution in [0.3, 0.4) is 0 Å². The molecule has 5 nitrogen and oxygen atoms in total. The van der Waals surface area contributed by atoms with Crippen molar-refractivity contribution in [2.24, 2.45) is 0 Å². The average molecular weight is 286 g/mol. The Kier molecular flexibility index (Phi) is 6.27. The molecule has 108 valence electrons. The third-order valence-corrected chi connectivity index (χ3v) is 4.14. The van der Waals surface area contributed by atoms with Crippen molar-refractivity contribution in [2.75, 3.05) is 19.5 Å². The Balaban J connectivity index is 2.72. The normalized spacial score (nSPS) is 13.4. The van der Waals surface area contributed by atoms with E-state index in [-0.39, 0.29) is 11.8 Å². The first-order valence-corrected chi connectivity index (χ1v) is 7.96. The van der Waals surface area contributed by atoms with Crippen LogP contribution in [0, 0.1) is 0 Å². The molecule has 0 aliphatic rings. The maximum absolute atomic E-state index is 12.1. The Morgan fingerprint density at radius 2 is 2.05 bits per heavy atom. The molecular formula is C13H22N2O3S. The van der Waals surface area contributed by atoms with E-state index in [1.54, 1.807) is 31.4 Å². The van der Waals surface area contributed by atoms with E-state index in [9.17, 15) is 8.42 Å².